The Balaban J connectivity index is 1.48. The van der Waals surface area contributed by atoms with E-state index in [1.165, 1.54) is 0 Å². The first-order valence-electron chi connectivity index (χ1n) is 8.82. The number of carbonyl (C=O) groups excluding carboxylic acids is 1. The molecule has 3 rings (SSSR count). The molecule has 0 saturated carbocycles. The number of pyridine rings is 1. The maximum Gasteiger partial charge on any atom is 0.165 e. The Labute approximate surface area is 173 Å². The molecule has 10 heteroatoms. The lowest BCUT2D eigenvalue weighted by molar-refractivity contribution is -0.118. The number of aromatic nitrogens is 4. The predicted octanol–water partition coefficient (Wildman–Crippen LogP) is 2.43. The lowest BCUT2D eigenvalue weighted by Crippen LogP contribution is -2.48. The van der Waals surface area contributed by atoms with Crippen molar-refractivity contribution in [3.05, 3.63) is 53.4 Å². The van der Waals surface area contributed by atoms with Crippen LogP contribution in [-0.2, 0) is 4.79 Å². The van der Waals surface area contributed by atoms with Crippen LogP contribution in [-0.4, -0.2) is 69.9 Å². The van der Waals surface area contributed by atoms with Crippen molar-refractivity contribution in [3.63, 3.8) is 0 Å². The highest BCUT2D eigenvalue weighted by atomic mass is 35.5. The van der Waals surface area contributed by atoms with E-state index in [9.17, 15) is 4.79 Å². The molecule has 2 aromatic rings. The average molecular weight is 422 g/mol. The highest BCUT2D eigenvalue weighted by molar-refractivity contribution is 6.38. The molecule has 2 aromatic heterocycles. The molecular weight excluding hydrogens is 401 g/mol. The zero-order valence-electron chi connectivity index (χ0n) is 15.2. The minimum atomic E-state index is 0.0974. The van der Waals surface area contributed by atoms with Crippen molar-refractivity contribution in [3.8, 4) is 0 Å². The van der Waals surface area contributed by atoms with Crippen LogP contribution in [0.3, 0.4) is 0 Å². The molecule has 8 nitrogen and oxygen atoms in total. The van der Waals surface area contributed by atoms with Gasteiger partial charge >= 0.3 is 0 Å². The number of anilines is 2. The first-order chi connectivity index (χ1) is 13.6. The van der Waals surface area contributed by atoms with Crippen LogP contribution in [0.1, 0.15) is 0 Å². The second-order valence-electron chi connectivity index (χ2n) is 6.21. The third-order valence-electron chi connectivity index (χ3n) is 4.23. The molecule has 1 aliphatic heterocycles. The molecule has 28 heavy (non-hydrogen) atoms. The summed E-state index contributed by atoms with van der Waals surface area (Å²) in [5.41, 5.74) is 0.807. The zero-order valence-corrected chi connectivity index (χ0v) is 16.7. The van der Waals surface area contributed by atoms with Gasteiger partial charge in [0.25, 0.3) is 0 Å². The van der Waals surface area contributed by atoms with Crippen LogP contribution in [0.2, 0.25) is 10.0 Å². The number of nitrogens with zero attached hydrogens (tertiary/aromatic N) is 5. The first-order valence-corrected chi connectivity index (χ1v) is 9.57. The topological polar surface area (TPSA) is 90.0 Å². The van der Waals surface area contributed by atoms with E-state index in [4.69, 9.17) is 23.2 Å². The van der Waals surface area contributed by atoms with Crippen LogP contribution < -0.4 is 10.2 Å². The normalized spacial score (nSPS) is 14.4. The van der Waals surface area contributed by atoms with Gasteiger partial charge in [-0.2, -0.15) is 0 Å². The summed E-state index contributed by atoms with van der Waals surface area (Å²) < 4.78 is 0. The third-order valence-corrected chi connectivity index (χ3v) is 4.79. The number of ketones is 1. The maximum absolute atomic E-state index is 12.3. The summed E-state index contributed by atoms with van der Waals surface area (Å²) in [6.45, 7) is 3.60. The van der Waals surface area contributed by atoms with E-state index in [-0.39, 0.29) is 12.3 Å². The Bertz CT molecular complexity index is 807. The van der Waals surface area contributed by atoms with Gasteiger partial charge in [0, 0.05) is 63.4 Å². The smallest absolute Gasteiger partial charge is 0.165 e. The third kappa shape index (κ3) is 5.79. The number of nitrogens with one attached hydrogen (secondary N) is 2. The zero-order chi connectivity index (χ0) is 19.8. The monoisotopic (exact) mass is 421 g/mol. The van der Waals surface area contributed by atoms with Crippen molar-refractivity contribution < 1.29 is 4.79 Å². The summed E-state index contributed by atoms with van der Waals surface area (Å²) >= 11 is 12.5. The molecule has 0 bridgehead atoms. The molecule has 0 aromatic carbocycles. The quantitative estimate of drug-likeness (QED) is 0.739. The van der Waals surface area contributed by atoms with Crippen molar-refractivity contribution in [2.75, 3.05) is 49.5 Å². The van der Waals surface area contributed by atoms with Crippen molar-refractivity contribution in [1.82, 2.24) is 24.8 Å². The number of carbonyl (C=O) groups is 1. The van der Waals surface area contributed by atoms with E-state index >= 15 is 0 Å². The first kappa shape index (κ1) is 20.3. The van der Waals surface area contributed by atoms with Gasteiger partial charge < -0.3 is 15.2 Å². The summed E-state index contributed by atoms with van der Waals surface area (Å²) in [4.78, 5) is 31.6. The molecule has 0 atom stereocenters. The summed E-state index contributed by atoms with van der Waals surface area (Å²) in [6.07, 6.45) is 11.2. The summed E-state index contributed by atoms with van der Waals surface area (Å²) in [6, 6.07) is 0. The van der Waals surface area contributed by atoms with Crippen LogP contribution in [0.15, 0.2) is 43.4 Å². The fourth-order valence-electron chi connectivity index (χ4n) is 2.88. The molecule has 0 aliphatic carbocycles. The molecule has 0 radical (unpaired) electrons. The Kier molecular flexibility index (Phi) is 7.41. The lowest BCUT2D eigenvalue weighted by Gasteiger charge is -2.36. The van der Waals surface area contributed by atoms with E-state index in [0.717, 1.165) is 31.9 Å². The fraction of sp³-hybridized carbons (Fsp3) is 0.333. The van der Waals surface area contributed by atoms with Gasteiger partial charge in [-0.1, -0.05) is 23.2 Å². The molecule has 0 unspecified atom stereocenters. The van der Waals surface area contributed by atoms with E-state index in [0.29, 0.717) is 22.4 Å². The molecule has 1 fully saturated rings. The molecule has 0 spiro atoms. The SMILES string of the molecule is O=C(CNc1cnccncc[nH]1)CN1CCN(c2c(Cl)cncc2Cl)CC1. The van der Waals surface area contributed by atoms with Gasteiger partial charge in [-0.3, -0.25) is 24.6 Å². The number of rotatable bonds is 6. The highest BCUT2D eigenvalue weighted by Gasteiger charge is 2.22. The standard InChI is InChI=1S/C18H21Cl2N7O/c19-15-10-23-11-16(20)18(15)27-7-5-26(6-8-27)13-14(28)9-25-17-12-22-2-1-21-3-4-24-17/h1-4,10-12,24-25H,5-9,13H2. The van der Waals surface area contributed by atoms with Crippen LogP contribution in [0, 0.1) is 0 Å². The average Bonchev–Trinajstić information content (AvgIpc) is 2.81. The molecular formula is C18H21Cl2N7O. The van der Waals surface area contributed by atoms with Crippen LogP contribution >= 0.6 is 23.2 Å². The number of hydrogen-bond acceptors (Lipinski definition) is 7. The number of piperazine rings is 1. The minimum Gasteiger partial charge on any atom is -0.366 e. The van der Waals surface area contributed by atoms with Gasteiger partial charge in [-0.25, -0.2) is 0 Å². The van der Waals surface area contributed by atoms with Crippen molar-refractivity contribution in [2.45, 2.75) is 0 Å². The molecule has 3 heterocycles. The van der Waals surface area contributed by atoms with Crippen molar-refractivity contribution >= 4 is 40.5 Å². The van der Waals surface area contributed by atoms with E-state index in [1.54, 1.807) is 43.4 Å². The van der Waals surface area contributed by atoms with Gasteiger partial charge in [0.1, 0.15) is 5.82 Å². The van der Waals surface area contributed by atoms with Crippen LogP contribution in [0.5, 0.6) is 0 Å². The van der Waals surface area contributed by atoms with Crippen molar-refractivity contribution in [2.24, 2.45) is 0 Å². The predicted molar refractivity (Wildman–Crippen MR) is 110 cm³/mol. The summed E-state index contributed by atoms with van der Waals surface area (Å²) in [5, 5.41) is 4.14. The van der Waals surface area contributed by atoms with E-state index in [2.05, 4.69) is 35.1 Å². The number of H-pyrrole nitrogens is 1. The Hall–Kier alpha value is -2.42. The molecule has 0 amide bonds. The minimum absolute atomic E-state index is 0.0974. The number of Topliss-reactive ketones (excluding diaryl/α,β-unsaturated/α-hetero) is 1. The molecule has 148 valence electrons. The Morgan fingerprint density at radius 3 is 2.46 bits per heavy atom. The number of aromatic amines is 1. The van der Waals surface area contributed by atoms with Crippen molar-refractivity contribution in [1.29, 1.82) is 0 Å². The maximum atomic E-state index is 12.3. The summed E-state index contributed by atoms with van der Waals surface area (Å²) in [7, 11) is 0. The van der Waals surface area contributed by atoms with Gasteiger partial charge in [0.2, 0.25) is 0 Å². The Morgan fingerprint density at radius 2 is 1.71 bits per heavy atom. The lowest BCUT2D eigenvalue weighted by atomic mass is 10.2. The molecule has 2 N–H and O–H groups in total. The second kappa shape index (κ2) is 10.2. The summed E-state index contributed by atoms with van der Waals surface area (Å²) in [5.74, 6) is 0.735. The Morgan fingerprint density at radius 1 is 1.00 bits per heavy atom. The largest absolute Gasteiger partial charge is 0.366 e. The number of hydrogen-bond donors (Lipinski definition) is 2. The van der Waals surface area contributed by atoms with E-state index in [1.807, 2.05) is 0 Å². The van der Waals surface area contributed by atoms with Gasteiger partial charge in [-0.05, 0) is 0 Å². The van der Waals surface area contributed by atoms with Gasteiger partial charge in [-0.15, -0.1) is 0 Å². The molecule has 1 saturated heterocycles. The van der Waals surface area contributed by atoms with Crippen LogP contribution in [0.25, 0.3) is 0 Å². The molecule has 1 aliphatic rings. The second-order valence-corrected chi connectivity index (χ2v) is 7.02. The van der Waals surface area contributed by atoms with Gasteiger partial charge in [0.05, 0.1) is 35.0 Å². The van der Waals surface area contributed by atoms with Crippen LogP contribution in [0.4, 0.5) is 11.5 Å². The van der Waals surface area contributed by atoms with E-state index < -0.39 is 0 Å². The fourth-order valence-corrected chi connectivity index (χ4v) is 3.49. The number of halogens is 2. The van der Waals surface area contributed by atoms with Gasteiger partial charge in [0.15, 0.2) is 5.78 Å². The highest BCUT2D eigenvalue weighted by Crippen LogP contribution is 2.32.